The lowest BCUT2D eigenvalue weighted by molar-refractivity contribution is -0.148. The number of aliphatic carboxylic acids is 1. The number of hydrazone groups is 1. The first-order chi connectivity index (χ1) is 5.54. The Balaban J connectivity index is 2.56. The van der Waals surface area contributed by atoms with Gasteiger partial charge in [0.05, 0.1) is 6.04 Å². The topological polar surface area (TPSA) is 96.0 Å². The van der Waals surface area contributed by atoms with Crippen molar-refractivity contribution >= 4 is 18.1 Å². The molecular formula is C6H9N3O3. The average Bonchev–Trinajstić information content (AvgIpc) is 2.03. The maximum absolute atomic E-state index is 10.9. The standard InChI is InChI=1S/C6H9N3O3/c1-3-5(7)6(12)9(3)8-2-4(10)11/h2-3,5H,7H2,1H3,(H,10,11)/b8-2-. The lowest BCUT2D eigenvalue weighted by Crippen LogP contribution is -2.65. The first-order valence-corrected chi connectivity index (χ1v) is 3.39. The molecule has 2 atom stereocenters. The number of hydrogen-bond donors (Lipinski definition) is 2. The van der Waals surface area contributed by atoms with E-state index in [4.69, 9.17) is 10.8 Å². The van der Waals surface area contributed by atoms with Gasteiger partial charge < -0.3 is 10.8 Å². The number of nitrogens with two attached hydrogens (primary N) is 1. The molecule has 6 nitrogen and oxygen atoms in total. The van der Waals surface area contributed by atoms with Crippen LogP contribution in [0.15, 0.2) is 5.10 Å². The molecule has 1 heterocycles. The Morgan fingerprint density at radius 1 is 1.83 bits per heavy atom. The second kappa shape index (κ2) is 2.90. The van der Waals surface area contributed by atoms with Crippen LogP contribution >= 0.6 is 0 Å². The van der Waals surface area contributed by atoms with Crippen molar-refractivity contribution in [1.29, 1.82) is 0 Å². The molecule has 6 heteroatoms. The Hall–Kier alpha value is -1.43. The summed E-state index contributed by atoms with van der Waals surface area (Å²) >= 11 is 0. The van der Waals surface area contributed by atoms with Gasteiger partial charge in [-0.25, -0.2) is 9.80 Å². The molecule has 0 aromatic heterocycles. The van der Waals surface area contributed by atoms with E-state index in [2.05, 4.69) is 5.10 Å². The van der Waals surface area contributed by atoms with E-state index in [9.17, 15) is 9.59 Å². The summed E-state index contributed by atoms with van der Waals surface area (Å²) in [6, 6.07) is -0.760. The first-order valence-electron chi connectivity index (χ1n) is 3.39. The highest BCUT2D eigenvalue weighted by Crippen LogP contribution is 2.16. The van der Waals surface area contributed by atoms with E-state index >= 15 is 0 Å². The van der Waals surface area contributed by atoms with E-state index in [-0.39, 0.29) is 11.9 Å². The van der Waals surface area contributed by atoms with Crippen molar-refractivity contribution in [3.05, 3.63) is 0 Å². The molecule has 1 rings (SSSR count). The summed E-state index contributed by atoms with van der Waals surface area (Å²) in [6.45, 7) is 1.70. The number of β-lactam (4-membered cyclic amide) rings is 1. The van der Waals surface area contributed by atoms with Crippen LogP contribution in [0.5, 0.6) is 0 Å². The number of hydrogen-bond acceptors (Lipinski definition) is 4. The zero-order valence-corrected chi connectivity index (χ0v) is 6.47. The van der Waals surface area contributed by atoms with E-state index in [1.165, 1.54) is 0 Å². The quantitative estimate of drug-likeness (QED) is 0.395. The van der Waals surface area contributed by atoms with Crippen molar-refractivity contribution in [2.45, 2.75) is 19.0 Å². The Morgan fingerprint density at radius 2 is 2.42 bits per heavy atom. The average molecular weight is 171 g/mol. The van der Waals surface area contributed by atoms with Crippen molar-refractivity contribution in [2.75, 3.05) is 0 Å². The summed E-state index contributed by atoms with van der Waals surface area (Å²) in [4.78, 5) is 20.9. The molecule has 0 bridgehead atoms. The number of carbonyl (C=O) groups excluding carboxylic acids is 1. The molecule has 1 saturated heterocycles. The Labute approximate surface area is 68.6 Å². The molecule has 1 aliphatic heterocycles. The van der Waals surface area contributed by atoms with Gasteiger partial charge in [-0.15, -0.1) is 0 Å². The van der Waals surface area contributed by atoms with Gasteiger partial charge in [-0.3, -0.25) is 4.79 Å². The molecule has 1 fully saturated rings. The molecular weight excluding hydrogens is 162 g/mol. The molecule has 12 heavy (non-hydrogen) atoms. The minimum Gasteiger partial charge on any atom is -0.477 e. The van der Waals surface area contributed by atoms with Gasteiger partial charge in [-0.1, -0.05) is 0 Å². The summed E-state index contributed by atoms with van der Waals surface area (Å²) in [5.41, 5.74) is 5.35. The number of nitrogens with zero attached hydrogens (tertiary/aromatic N) is 2. The highest BCUT2D eigenvalue weighted by atomic mass is 16.4. The van der Waals surface area contributed by atoms with Gasteiger partial charge >= 0.3 is 5.97 Å². The zero-order valence-electron chi connectivity index (χ0n) is 6.47. The van der Waals surface area contributed by atoms with Crippen LogP contribution in [-0.4, -0.2) is 40.3 Å². The molecule has 2 unspecified atom stereocenters. The van der Waals surface area contributed by atoms with Crippen LogP contribution in [0.3, 0.4) is 0 Å². The molecule has 66 valence electrons. The fourth-order valence-corrected chi connectivity index (χ4v) is 0.903. The molecule has 0 aromatic rings. The Bertz CT molecular complexity index is 250. The first kappa shape index (κ1) is 8.66. The third kappa shape index (κ3) is 1.28. The van der Waals surface area contributed by atoms with Gasteiger partial charge in [-0.2, -0.15) is 5.10 Å². The predicted octanol–water partition coefficient (Wildman–Crippen LogP) is -1.39. The molecule has 0 aromatic carbocycles. The van der Waals surface area contributed by atoms with E-state index < -0.39 is 12.0 Å². The summed E-state index contributed by atoms with van der Waals surface area (Å²) < 4.78 is 0. The second-order valence-corrected chi connectivity index (χ2v) is 2.53. The Morgan fingerprint density at radius 3 is 2.83 bits per heavy atom. The molecule has 0 spiro atoms. The van der Waals surface area contributed by atoms with Crippen molar-refractivity contribution in [2.24, 2.45) is 10.8 Å². The zero-order chi connectivity index (χ0) is 9.30. The SMILES string of the molecule is CC1C(N)C(=O)N1/N=C\C(=O)O. The van der Waals surface area contributed by atoms with Crippen molar-refractivity contribution in [1.82, 2.24) is 5.01 Å². The van der Waals surface area contributed by atoms with Crippen LogP contribution in [0.25, 0.3) is 0 Å². The van der Waals surface area contributed by atoms with Gasteiger partial charge in [0, 0.05) is 0 Å². The predicted molar refractivity (Wildman–Crippen MR) is 40.4 cm³/mol. The smallest absolute Gasteiger partial charge is 0.348 e. The third-order valence-electron chi connectivity index (χ3n) is 1.71. The molecule has 1 aliphatic rings. The van der Waals surface area contributed by atoms with E-state index in [0.29, 0.717) is 6.21 Å². The van der Waals surface area contributed by atoms with Crippen LogP contribution in [0, 0.1) is 0 Å². The highest BCUT2D eigenvalue weighted by Gasteiger charge is 2.41. The lowest BCUT2D eigenvalue weighted by atomic mass is 10.0. The summed E-state index contributed by atoms with van der Waals surface area (Å²) in [5.74, 6) is -1.53. The largest absolute Gasteiger partial charge is 0.477 e. The summed E-state index contributed by atoms with van der Waals surface area (Å²) in [5, 5.41) is 12.7. The molecule has 0 radical (unpaired) electrons. The molecule has 1 amide bonds. The van der Waals surface area contributed by atoms with Crippen LogP contribution < -0.4 is 5.73 Å². The summed E-state index contributed by atoms with van der Waals surface area (Å²) in [6.07, 6.45) is 0.667. The van der Waals surface area contributed by atoms with Crippen LogP contribution in [0.4, 0.5) is 0 Å². The fraction of sp³-hybridized carbons (Fsp3) is 0.500. The van der Waals surface area contributed by atoms with E-state index in [1.807, 2.05) is 0 Å². The second-order valence-electron chi connectivity index (χ2n) is 2.53. The number of carbonyl (C=O) groups is 2. The number of amides is 1. The van der Waals surface area contributed by atoms with Crippen molar-refractivity contribution in [3.8, 4) is 0 Å². The third-order valence-corrected chi connectivity index (χ3v) is 1.71. The number of carboxylic acids is 1. The van der Waals surface area contributed by atoms with E-state index in [1.54, 1.807) is 6.92 Å². The number of rotatable bonds is 2. The minimum atomic E-state index is -1.18. The lowest BCUT2D eigenvalue weighted by Gasteiger charge is -2.38. The maximum Gasteiger partial charge on any atom is 0.348 e. The van der Waals surface area contributed by atoms with Crippen molar-refractivity contribution < 1.29 is 14.7 Å². The Kier molecular flexibility index (Phi) is 2.09. The summed E-state index contributed by atoms with van der Waals surface area (Å²) in [7, 11) is 0. The van der Waals surface area contributed by atoms with Crippen LogP contribution in [-0.2, 0) is 9.59 Å². The molecule has 3 N–H and O–H groups in total. The van der Waals surface area contributed by atoms with Crippen molar-refractivity contribution in [3.63, 3.8) is 0 Å². The monoisotopic (exact) mass is 171 g/mol. The van der Waals surface area contributed by atoms with Gasteiger partial charge in [-0.05, 0) is 6.92 Å². The van der Waals surface area contributed by atoms with Gasteiger partial charge in [0.15, 0.2) is 0 Å². The van der Waals surface area contributed by atoms with E-state index in [0.717, 1.165) is 5.01 Å². The highest BCUT2D eigenvalue weighted by molar-refractivity contribution is 6.22. The normalized spacial score (nSPS) is 29.2. The van der Waals surface area contributed by atoms with Gasteiger partial charge in [0.2, 0.25) is 0 Å². The van der Waals surface area contributed by atoms with Crippen LogP contribution in [0.2, 0.25) is 0 Å². The molecule has 0 saturated carbocycles. The number of carboxylic acid groups (broad SMARTS) is 1. The maximum atomic E-state index is 10.9. The van der Waals surface area contributed by atoms with Gasteiger partial charge in [0.1, 0.15) is 12.3 Å². The minimum absolute atomic E-state index is 0.215. The molecule has 0 aliphatic carbocycles. The van der Waals surface area contributed by atoms with Crippen LogP contribution in [0.1, 0.15) is 6.92 Å². The fourth-order valence-electron chi connectivity index (χ4n) is 0.903. The van der Waals surface area contributed by atoms with Gasteiger partial charge in [0.25, 0.3) is 5.91 Å².